The first kappa shape index (κ1) is 17.8. The lowest BCUT2D eigenvalue weighted by Crippen LogP contribution is -2.46. The SMILES string of the molecule is CC(C)C(=O)OC(CO)OC(C(=O)O)C(O)C(C)O. The molecule has 4 unspecified atom stereocenters. The summed E-state index contributed by atoms with van der Waals surface area (Å²) in [5.41, 5.74) is 0. The van der Waals surface area contributed by atoms with E-state index in [1.807, 2.05) is 0 Å². The molecule has 0 spiro atoms. The van der Waals surface area contributed by atoms with E-state index in [1.54, 1.807) is 13.8 Å². The van der Waals surface area contributed by atoms with Crippen LogP contribution in [-0.2, 0) is 19.1 Å². The topological polar surface area (TPSA) is 134 Å². The highest BCUT2D eigenvalue weighted by Gasteiger charge is 2.34. The van der Waals surface area contributed by atoms with Gasteiger partial charge in [0.2, 0.25) is 6.29 Å². The molecule has 0 radical (unpaired) electrons. The van der Waals surface area contributed by atoms with Crippen LogP contribution in [0.4, 0.5) is 0 Å². The van der Waals surface area contributed by atoms with Crippen molar-refractivity contribution in [3.05, 3.63) is 0 Å². The van der Waals surface area contributed by atoms with Crippen LogP contribution in [0, 0.1) is 5.92 Å². The maximum atomic E-state index is 11.3. The van der Waals surface area contributed by atoms with Crippen molar-refractivity contribution in [3.8, 4) is 0 Å². The highest BCUT2D eigenvalue weighted by molar-refractivity contribution is 5.73. The molecule has 0 fully saturated rings. The van der Waals surface area contributed by atoms with Crippen molar-refractivity contribution in [2.45, 2.75) is 45.4 Å². The van der Waals surface area contributed by atoms with Gasteiger partial charge in [-0.2, -0.15) is 0 Å². The number of aliphatic hydroxyl groups excluding tert-OH is 3. The van der Waals surface area contributed by atoms with Gasteiger partial charge in [0.05, 0.1) is 12.0 Å². The molecule has 0 heterocycles. The van der Waals surface area contributed by atoms with Gasteiger partial charge in [-0.3, -0.25) is 4.79 Å². The average molecular weight is 280 g/mol. The van der Waals surface area contributed by atoms with Crippen molar-refractivity contribution < 1.29 is 39.5 Å². The predicted molar refractivity (Wildman–Crippen MR) is 62.0 cm³/mol. The van der Waals surface area contributed by atoms with Crippen LogP contribution in [0.5, 0.6) is 0 Å². The largest absolute Gasteiger partial charge is 0.479 e. The average Bonchev–Trinajstić information content (AvgIpc) is 2.32. The van der Waals surface area contributed by atoms with Gasteiger partial charge in [-0.25, -0.2) is 4.79 Å². The van der Waals surface area contributed by atoms with Crippen molar-refractivity contribution in [2.75, 3.05) is 6.61 Å². The summed E-state index contributed by atoms with van der Waals surface area (Å²) in [5, 5.41) is 36.4. The second-order valence-corrected chi connectivity index (χ2v) is 4.33. The lowest BCUT2D eigenvalue weighted by Gasteiger charge is -2.26. The summed E-state index contributed by atoms with van der Waals surface area (Å²) < 4.78 is 9.51. The van der Waals surface area contributed by atoms with E-state index in [2.05, 4.69) is 0 Å². The Morgan fingerprint density at radius 3 is 2.00 bits per heavy atom. The van der Waals surface area contributed by atoms with Gasteiger partial charge in [-0.05, 0) is 6.92 Å². The van der Waals surface area contributed by atoms with Crippen LogP contribution in [0.15, 0.2) is 0 Å². The second kappa shape index (κ2) is 8.05. The third-order valence-electron chi connectivity index (χ3n) is 2.21. The zero-order valence-corrected chi connectivity index (χ0v) is 11.0. The number of carbonyl (C=O) groups excluding carboxylic acids is 1. The van der Waals surface area contributed by atoms with Crippen molar-refractivity contribution >= 4 is 11.9 Å². The normalized spacial score (nSPS) is 17.6. The van der Waals surface area contributed by atoms with Crippen LogP contribution in [0.25, 0.3) is 0 Å². The standard InChI is InChI=1S/C11H20O8/c1-5(2)11(17)19-7(4-12)18-9(10(15)16)8(14)6(3)13/h5-9,12-14H,4H2,1-3H3,(H,15,16). The fraction of sp³-hybridized carbons (Fsp3) is 0.818. The molecule has 0 aromatic heterocycles. The van der Waals surface area contributed by atoms with Crippen molar-refractivity contribution in [1.82, 2.24) is 0 Å². The Balaban J connectivity index is 4.71. The van der Waals surface area contributed by atoms with E-state index < -0.39 is 49.1 Å². The fourth-order valence-corrected chi connectivity index (χ4v) is 1.07. The highest BCUT2D eigenvalue weighted by Crippen LogP contribution is 2.10. The lowest BCUT2D eigenvalue weighted by atomic mass is 10.1. The summed E-state index contributed by atoms with van der Waals surface area (Å²) in [4.78, 5) is 22.2. The first-order valence-corrected chi connectivity index (χ1v) is 5.76. The number of carbonyl (C=O) groups is 2. The molecule has 0 amide bonds. The van der Waals surface area contributed by atoms with E-state index in [0.717, 1.165) is 0 Å². The van der Waals surface area contributed by atoms with Crippen LogP contribution in [-0.4, -0.2) is 63.6 Å². The molecule has 0 aromatic rings. The second-order valence-electron chi connectivity index (χ2n) is 4.33. The Labute approximate surface area is 110 Å². The van der Waals surface area contributed by atoms with Gasteiger partial charge in [0.25, 0.3) is 0 Å². The third kappa shape index (κ3) is 5.97. The molecule has 0 aliphatic rings. The molecule has 8 heteroatoms. The smallest absolute Gasteiger partial charge is 0.335 e. The van der Waals surface area contributed by atoms with Gasteiger partial charge in [-0.15, -0.1) is 0 Å². The summed E-state index contributed by atoms with van der Waals surface area (Å²) in [6, 6.07) is 0. The molecule has 0 aliphatic heterocycles. The molecular formula is C11H20O8. The molecule has 0 rings (SSSR count). The van der Waals surface area contributed by atoms with E-state index in [0.29, 0.717) is 0 Å². The third-order valence-corrected chi connectivity index (χ3v) is 2.21. The predicted octanol–water partition coefficient (Wildman–Crippen LogP) is -1.28. The summed E-state index contributed by atoms with van der Waals surface area (Å²) >= 11 is 0. The van der Waals surface area contributed by atoms with Gasteiger partial charge in [-0.1, -0.05) is 13.8 Å². The summed E-state index contributed by atoms with van der Waals surface area (Å²) in [6.07, 6.45) is -6.42. The molecule has 112 valence electrons. The zero-order valence-electron chi connectivity index (χ0n) is 11.0. The summed E-state index contributed by atoms with van der Waals surface area (Å²) in [6.45, 7) is 3.51. The fourth-order valence-electron chi connectivity index (χ4n) is 1.07. The number of aliphatic hydroxyl groups is 3. The minimum atomic E-state index is -1.82. The zero-order chi connectivity index (χ0) is 15.2. The molecule has 0 saturated carbocycles. The number of carboxylic acid groups (broad SMARTS) is 1. The molecule has 4 atom stereocenters. The van der Waals surface area contributed by atoms with Gasteiger partial charge >= 0.3 is 11.9 Å². The monoisotopic (exact) mass is 280 g/mol. The van der Waals surface area contributed by atoms with Crippen molar-refractivity contribution in [1.29, 1.82) is 0 Å². The molecule has 8 nitrogen and oxygen atoms in total. The molecule has 0 bridgehead atoms. The van der Waals surface area contributed by atoms with E-state index >= 15 is 0 Å². The molecular weight excluding hydrogens is 260 g/mol. The van der Waals surface area contributed by atoms with E-state index in [-0.39, 0.29) is 0 Å². The number of hydrogen-bond donors (Lipinski definition) is 4. The van der Waals surface area contributed by atoms with Crippen LogP contribution in [0.2, 0.25) is 0 Å². The minimum Gasteiger partial charge on any atom is -0.479 e. The molecule has 0 aliphatic carbocycles. The summed E-state index contributed by atoms with van der Waals surface area (Å²) in [7, 11) is 0. The first-order valence-electron chi connectivity index (χ1n) is 5.76. The molecule has 4 N–H and O–H groups in total. The van der Waals surface area contributed by atoms with Crippen molar-refractivity contribution in [2.24, 2.45) is 5.92 Å². The maximum absolute atomic E-state index is 11.3. The van der Waals surface area contributed by atoms with E-state index in [4.69, 9.17) is 24.8 Å². The Morgan fingerprint density at radius 1 is 1.16 bits per heavy atom. The van der Waals surface area contributed by atoms with Crippen LogP contribution in [0.3, 0.4) is 0 Å². The van der Waals surface area contributed by atoms with Gasteiger partial charge < -0.3 is 29.9 Å². The maximum Gasteiger partial charge on any atom is 0.335 e. The number of ether oxygens (including phenoxy) is 2. The Hall–Kier alpha value is -1.22. The van der Waals surface area contributed by atoms with Crippen LogP contribution in [0.1, 0.15) is 20.8 Å². The highest BCUT2D eigenvalue weighted by atomic mass is 16.7. The van der Waals surface area contributed by atoms with Crippen molar-refractivity contribution in [3.63, 3.8) is 0 Å². The summed E-state index contributed by atoms with van der Waals surface area (Å²) in [5.74, 6) is -2.72. The number of rotatable bonds is 8. The van der Waals surface area contributed by atoms with Gasteiger partial charge in [0, 0.05) is 0 Å². The molecule has 19 heavy (non-hydrogen) atoms. The van der Waals surface area contributed by atoms with E-state index in [9.17, 15) is 14.7 Å². The van der Waals surface area contributed by atoms with Crippen LogP contribution >= 0.6 is 0 Å². The molecule has 0 saturated heterocycles. The Bertz CT molecular complexity index is 301. The Morgan fingerprint density at radius 2 is 1.68 bits per heavy atom. The minimum absolute atomic E-state index is 0.484. The number of carboxylic acids is 1. The number of aliphatic carboxylic acids is 1. The van der Waals surface area contributed by atoms with Gasteiger partial charge in [0.1, 0.15) is 12.7 Å². The first-order chi connectivity index (χ1) is 8.70. The number of esters is 1. The van der Waals surface area contributed by atoms with E-state index in [1.165, 1.54) is 6.92 Å². The van der Waals surface area contributed by atoms with Crippen LogP contribution < -0.4 is 0 Å². The van der Waals surface area contributed by atoms with Gasteiger partial charge in [0.15, 0.2) is 6.10 Å². The molecule has 0 aromatic carbocycles. The lowest BCUT2D eigenvalue weighted by molar-refractivity contribution is -0.224. The quantitative estimate of drug-likeness (QED) is 0.319. The number of hydrogen-bond acceptors (Lipinski definition) is 7. The Kier molecular flexibility index (Phi) is 7.53.